The lowest BCUT2D eigenvalue weighted by molar-refractivity contribution is -0.0587. The van der Waals surface area contributed by atoms with E-state index in [1.54, 1.807) is 10.6 Å². The molecule has 1 amide bonds. The van der Waals surface area contributed by atoms with Gasteiger partial charge in [-0.05, 0) is 75.3 Å². The molecule has 6 heteroatoms. The van der Waals surface area contributed by atoms with Crippen LogP contribution in [0, 0.1) is 11.8 Å². The second kappa shape index (κ2) is 8.46. The summed E-state index contributed by atoms with van der Waals surface area (Å²) in [6, 6.07) is 8.96. The summed E-state index contributed by atoms with van der Waals surface area (Å²) >= 11 is 0. The molecular formula is C27H35N3O3. The van der Waals surface area contributed by atoms with Crippen molar-refractivity contribution < 1.29 is 9.90 Å². The number of nitrogens with one attached hydrogen (secondary N) is 1. The minimum absolute atomic E-state index is 0.0965. The van der Waals surface area contributed by atoms with Gasteiger partial charge >= 0.3 is 0 Å². The molecule has 33 heavy (non-hydrogen) atoms. The van der Waals surface area contributed by atoms with Crippen molar-refractivity contribution in [1.29, 1.82) is 0 Å². The highest BCUT2D eigenvalue weighted by molar-refractivity contribution is 6.02. The van der Waals surface area contributed by atoms with Gasteiger partial charge in [-0.3, -0.25) is 14.5 Å². The maximum absolute atomic E-state index is 13.4. The first-order chi connectivity index (χ1) is 16.1. The van der Waals surface area contributed by atoms with Crippen LogP contribution in [0.4, 0.5) is 0 Å². The van der Waals surface area contributed by atoms with Gasteiger partial charge in [0.1, 0.15) is 11.3 Å². The fraction of sp³-hybridized carbons (Fsp3) is 0.630. The summed E-state index contributed by atoms with van der Waals surface area (Å²) in [5.41, 5.74) is 0.258. The molecule has 5 aliphatic rings. The first-order valence-electron chi connectivity index (χ1n) is 13.0. The van der Waals surface area contributed by atoms with Crippen molar-refractivity contribution in [2.24, 2.45) is 11.8 Å². The minimum atomic E-state index is -0.449. The Hall–Kier alpha value is -2.34. The van der Waals surface area contributed by atoms with E-state index in [1.165, 1.54) is 32.1 Å². The van der Waals surface area contributed by atoms with E-state index in [4.69, 9.17) is 0 Å². The number of aromatic hydroxyl groups is 1. The molecule has 1 aromatic heterocycles. The Morgan fingerprint density at radius 3 is 2.33 bits per heavy atom. The third kappa shape index (κ3) is 3.67. The highest BCUT2D eigenvalue weighted by Crippen LogP contribution is 2.49. The Morgan fingerprint density at radius 1 is 0.970 bits per heavy atom. The van der Waals surface area contributed by atoms with Crippen LogP contribution in [-0.2, 0) is 0 Å². The quantitative estimate of drug-likeness (QED) is 0.648. The predicted molar refractivity (Wildman–Crippen MR) is 129 cm³/mol. The first-order valence-corrected chi connectivity index (χ1v) is 13.0. The van der Waals surface area contributed by atoms with Crippen molar-refractivity contribution in [2.75, 3.05) is 13.1 Å². The molecule has 0 spiro atoms. The summed E-state index contributed by atoms with van der Waals surface area (Å²) in [7, 11) is 0. The maximum Gasteiger partial charge on any atom is 0.267 e. The van der Waals surface area contributed by atoms with Gasteiger partial charge in [-0.2, -0.15) is 0 Å². The maximum atomic E-state index is 13.4. The molecule has 3 saturated carbocycles. The van der Waals surface area contributed by atoms with Crippen LogP contribution in [-0.4, -0.2) is 45.7 Å². The van der Waals surface area contributed by atoms with Gasteiger partial charge in [0, 0.05) is 36.6 Å². The van der Waals surface area contributed by atoms with Crippen LogP contribution >= 0.6 is 0 Å². The molecule has 7 rings (SSSR count). The number of hydrogen-bond acceptors (Lipinski definition) is 4. The Labute approximate surface area is 195 Å². The van der Waals surface area contributed by atoms with Gasteiger partial charge in [-0.25, -0.2) is 0 Å². The van der Waals surface area contributed by atoms with Gasteiger partial charge < -0.3 is 15.0 Å². The molecule has 2 aromatic rings. The van der Waals surface area contributed by atoms with E-state index < -0.39 is 5.91 Å². The number of para-hydroxylation sites is 1. The second-order valence-corrected chi connectivity index (χ2v) is 10.9. The summed E-state index contributed by atoms with van der Waals surface area (Å²) < 4.78 is 1.76. The van der Waals surface area contributed by atoms with Gasteiger partial charge in [0.05, 0.1) is 5.52 Å². The van der Waals surface area contributed by atoms with Gasteiger partial charge in [-0.1, -0.05) is 25.0 Å². The molecule has 6 nitrogen and oxygen atoms in total. The van der Waals surface area contributed by atoms with Crippen LogP contribution in [0.5, 0.6) is 5.75 Å². The number of pyridine rings is 1. The number of aromatic nitrogens is 1. The molecule has 3 aliphatic carbocycles. The average molecular weight is 450 g/mol. The molecule has 3 heterocycles. The van der Waals surface area contributed by atoms with E-state index in [0.29, 0.717) is 11.9 Å². The standard InChI is InChI=1S/C27H35N3O3/c31-25-22-8-3-4-9-23(22)30(19-6-1-2-7-19)27(33)24(25)26(32)28-10-5-11-29-20-13-17-12-18(15-20)16-21(29)14-17/h3-4,8-9,17-21,31H,1-2,5-7,10-16H2,(H,28,32). The van der Waals surface area contributed by atoms with Crippen LogP contribution in [0.1, 0.15) is 80.6 Å². The largest absolute Gasteiger partial charge is 0.506 e. The van der Waals surface area contributed by atoms with Crippen molar-refractivity contribution in [3.05, 3.63) is 40.2 Å². The molecule has 2 saturated heterocycles. The molecule has 5 fully saturated rings. The number of fused-ring (bicyclic) bond motifs is 1. The van der Waals surface area contributed by atoms with E-state index in [0.717, 1.165) is 68.1 Å². The lowest BCUT2D eigenvalue weighted by Crippen LogP contribution is -2.58. The highest BCUT2D eigenvalue weighted by Gasteiger charge is 2.46. The summed E-state index contributed by atoms with van der Waals surface area (Å²) in [6.45, 7) is 1.53. The summed E-state index contributed by atoms with van der Waals surface area (Å²) in [5.74, 6) is 1.25. The molecule has 176 valence electrons. The van der Waals surface area contributed by atoms with E-state index >= 15 is 0 Å². The molecule has 4 bridgehead atoms. The Kier molecular flexibility index (Phi) is 5.44. The lowest BCUT2D eigenvalue weighted by atomic mass is 9.63. The van der Waals surface area contributed by atoms with Crippen LogP contribution < -0.4 is 10.9 Å². The van der Waals surface area contributed by atoms with Gasteiger partial charge in [0.15, 0.2) is 0 Å². The van der Waals surface area contributed by atoms with Crippen molar-refractivity contribution in [3.63, 3.8) is 0 Å². The summed E-state index contributed by atoms with van der Waals surface area (Å²) in [6.07, 6.45) is 11.8. The number of carbonyl (C=O) groups excluding carboxylic acids is 1. The van der Waals surface area contributed by atoms with E-state index in [-0.39, 0.29) is 22.9 Å². The van der Waals surface area contributed by atoms with Crippen molar-refractivity contribution in [2.45, 2.75) is 82.3 Å². The third-order valence-electron chi connectivity index (χ3n) is 8.91. The Bertz CT molecular complexity index is 1090. The van der Waals surface area contributed by atoms with Gasteiger partial charge in [-0.15, -0.1) is 0 Å². The summed E-state index contributed by atoms with van der Waals surface area (Å²) in [5, 5.41) is 14.4. The number of carbonyl (C=O) groups is 1. The molecule has 0 atom stereocenters. The third-order valence-corrected chi connectivity index (χ3v) is 8.91. The lowest BCUT2D eigenvalue weighted by Gasteiger charge is -2.56. The molecular weight excluding hydrogens is 414 g/mol. The monoisotopic (exact) mass is 449 g/mol. The van der Waals surface area contributed by atoms with Crippen LogP contribution in [0.15, 0.2) is 29.1 Å². The summed E-state index contributed by atoms with van der Waals surface area (Å²) in [4.78, 5) is 29.2. The van der Waals surface area contributed by atoms with Crippen molar-refractivity contribution >= 4 is 16.8 Å². The Balaban J connectivity index is 1.17. The number of piperidine rings is 2. The van der Waals surface area contributed by atoms with Crippen LogP contribution in [0.25, 0.3) is 10.9 Å². The van der Waals surface area contributed by atoms with Crippen LogP contribution in [0.3, 0.4) is 0 Å². The average Bonchev–Trinajstić information content (AvgIpc) is 3.32. The zero-order valence-electron chi connectivity index (χ0n) is 19.3. The van der Waals surface area contributed by atoms with Gasteiger partial charge in [0.2, 0.25) is 0 Å². The fourth-order valence-electron chi connectivity index (χ4n) is 7.62. The minimum Gasteiger partial charge on any atom is -0.506 e. The van der Waals surface area contributed by atoms with E-state index in [1.807, 2.05) is 18.2 Å². The molecule has 1 aromatic carbocycles. The molecule has 0 unspecified atom stereocenters. The molecule has 2 N–H and O–H groups in total. The first kappa shape index (κ1) is 21.2. The number of amides is 1. The normalized spacial score (nSPS) is 29.2. The molecule has 0 radical (unpaired) electrons. The zero-order chi connectivity index (χ0) is 22.5. The zero-order valence-corrected chi connectivity index (χ0v) is 19.3. The van der Waals surface area contributed by atoms with Crippen molar-refractivity contribution in [1.82, 2.24) is 14.8 Å². The molecule has 2 aliphatic heterocycles. The smallest absolute Gasteiger partial charge is 0.267 e. The number of rotatable bonds is 6. The number of nitrogens with zero attached hydrogens (tertiary/aromatic N) is 2. The second-order valence-electron chi connectivity index (χ2n) is 10.9. The fourth-order valence-corrected chi connectivity index (χ4v) is 7.62. The van der Waals surface area contributed by atoms with Crippen LogP contribution in [0.2, 0.25) is 0 Å². The SMILES string of the molecule is O=C(NCCCN1C2CC3CC(C2)CC1C3)c1c(O)c2ccccc2n(C2CCCC2)c1=O. The topological polar surface area (TPSA) is 74.6 Å². The Morgan fingerprint density at radius 2 is 1.64 bits per heavy atom. The highest BCUT2D eigenvalue weighted by atomic mass is 16.3. The van der Waals surface area contributed by atoms with E-state index in [9.17, 15) is 14.7 Å². The predicted octanol–water partition coefficient (Wildman–Crippen LogP) is 4.21. The number of hydrogen-bond donors (Lipinski definition) is 2. The van der Waals surface area contributed by atoms with Gasteiger partial charge in [0.25, 0.3) is 11.5 Å². The number of benzene rings is 1. The van der Waals surface area contributed by atoms with Crippen molar-refractivity contribution in [3.8, 4) is 5.75 Å². The van der Waals surface area contributed by atoms with E-state index in [2.05, 4.69) is 10.2 Å².